The second-order valence-corrected chi connectivity index (χ2v) is 7.45. The number of nitriles is 2. The van der Waals surface area contributed by atoms with E-state index >= 15 is 0 Å². The number of phenolic OH excluding ortho intramolecular Hbond substituents is 1. The average Bonchev–Trinajstić information content (AvgIpc) is 2.91. The lowest BCUT2D eigenvalue weighted by molar-refractivity contribution is 0.317. The Bertz CT molecular complexity index is 1150. The fourth-order valence-electron chi connectivity index (χ4n) is 3.30. The lowest BCUT2D eigenvalue weighted by Crippen LogP contribution is -2.03. The minimum atomic E-state index is 0.0961. The number of anilines is 1. The summed E-state index contributed by atoms with van der Waals surface area (Å²) in [6.45, 7) is 5.93. The van der Waals surface area contributed by atoms with Gasteiger partial charge in [0.05, 0.1) is 27.0 Å². The summed E-state index contributed by atoms with van der Waals surface area (Å²) in [5.41, 5.74) is 11.0. The smallest absolute Gasteiger partial charge is 0.171 e. The van der Waals surface area contributed by atoms with E-state index in [4.69, 9.17) is 10.5 Å². The highest BCUT2D eigenvalue weighted by molar-refractivity contribution is 14.1. The highest BCUT2D eigenvalue weighted by Crippen LogP contribution is 2.44. The molecule has 1 aliphatic rings. The van der Waals surface area contributed by atoms with Crippen molar-refractivity contribution in [3.63, 3.8) is 0 Å². The molecular weight excluding hydrogens is 467 g/mol. The molecule has 0 saturated carbocycles. The van der Waals surface area contributed by atoms with Crippen molar-refractivity contribution in [3.8, 4) is 23.6 Å². The number of halogens is 1. The molecule has 0 spiro atoms. The van der Waals surface area contributed by atoms with Crippen molar-refractivity contribution >= 4 is 45.6 Å². The fraction of sp³-hybridized carbons (Fsp3) is 0.190. The second kappa shape index (κ2) is 7.53. The van der Waals surface area contributed by atoms with Crippen LogP contribution in [0.5, 0.6) is 11.5 Å². The van der Waals surface area contributed by atoms with E-state index in [0.717, 1.165) is 22.3 Å². The Labute approximate surface area is 176 Å². The van der Waals surface area contributed by atoms with Crippen molar-refractivity contribution < 1.29 is 9.84 Å². The molecule has 6 nitrogen and oxygen atoms in total. The van der Waals surface area contributed by atoms with Gasteiger partial charge >= 0.3 is 0 Å². The first-order valence-corrected chi connectivity index (χ1v) is 9.61. The lowest BCUT2D eigenvalue weighted by atomic mass is 9.95. The number of rotatable bonds is 3. The molecule has 1 aromatic carbocycles. The molecule has 1 aliphatic carbocycles. The molecule has 1 aromatic heterocycles. The third-order valence-electron chi connectivity index (χ3n) is 4.65. The number of hydrogen-bond acceptors (Lipinski definition) is 6. The molecule has 0 unspecified atom stereocenters. The lowest BCUT2D eigenvalue weighted by Gasteiger charge is -2.12. The van der Waals surface area contributed by atoms with E-state index in [9.17, 15) is 15.6 Å². The van der Waals surface area contributed by atoms with Gasteiger partial charge in [-0.05, 0) is 83.8 Å². The monoisotopic (exact) mass is 484 g/mol. The minimum Gasteiger partial charge on any atom is -0.504 e. The van der Waals surface area contributed by atoms with E-state index in [2.05, 4.69) is 17.1 Å². The van der Waals surface area contributed by atoms with Crippen LogP contribution in [0.3, 0.4) is 0 Å². The number of benzene rings is 1. The molecule has 0 atom stereocenters. The maximum absolute atomic E-state index is 10.2. The molecule has 0 radical (unpaired) electrons. The Morgan fingerprint density at radius 2 is 2.00 bits per heavy atom. The van der Waals surface area contributed by atoms with Gasteiger partial charge in [-0.25, -0.2) is 4.98 Å². The van der Waals surface area contributed by atoms with E-state index in [1.165, 1.54) is 0 Å². The van der Waals surface area contributed by atoms with Crippen LogP contribution in [0, 0.1) is 33.2 Å². The summed E-state index contributed by atoms with van der Waals surface area (Å²) in [5.74, 6) is 0.614. The predicted octanol–water partition coefficient (Wildman–Crippen LogP) is 4.40. The normalized spacial score (nSPS) is 14.0. The van der Waals surface area contributed by atoms with Gasteiger partial charge < -0.3 is 15.6 Å². The van der Waals surface area contributed by atoms with Crippen molar-refractivity contribution in [2.45, 2.75) is 20.8 Å². The number of aromatic hydroxyl groups is 1. The van der Waals surface area contributed by atoms with Gasteiger partial charge in [0.2, 0.25) is 0 Å². The van der Waals surface area contributed by atoms with Crippen molar-refractivity contribution in [2.24, 2.45) is 0 Å². The minimum absolute atomic E-state index is 0.0961. The molecule has 7 heteroatoms. The molecule has 0 bridgehead atoms. The molecule has 3 N–H and O–H groups in total. The maximum atomic E-state index is 10.2. The Kier molecular flexibility index (Phi) is 5.30. The number of allylic oxidation sites excluding steroid dienone is 3. The van der Waals surface area contributed by atoms with Crippen LogP contribution in [0.1, 0.15) is 41.8 Å². The molecule has 28 heavy (non-hydrogen) atoms. The van der Waals surface area contributed by atoms with Crippen LogP contribution in [0.2, 0.25) is 0 Å². The predicted molar refractivity (Wildman–Crippen MR) is 116 cm³/mol. The van der Waals surface area contributed by atoms with E-state index in [0.29, 0.717) is 38.3 Å². The van der Waals surface area contributed by atoms with Gasteiger partial charge in [0.15, 0.2) is 11.5 Å². The summed E-state index contributed by atoms with van der Waals surface area (Å²) in [6.07, 6.45) is 1.91. The van der Waals surface area contributed by atoms with Crippen LogP contribution >= 0.6 is 22.6 Å². The first-order chi connectivity index (χ1) is 13.3. The van der Waals surface area contributed by atoms with E-state index < -0.39 is 0 Å². The zero-order valence-electron chi connectivity index (χ0n) is 15.6. The summed E-state index contributed by atoms with van der Waals surface area (Å²) >= 11 is 2.05. The summed E-state index contributed by atoms with van der Waals surface area (Å²) in [7, 11) is 0. The molecule has 0 fully saturated rings. The number of nitrogen functional groups attached to an aromatic ring is 1. The standard InChI is InChI=1S/C21H17IN4O2/c1-4-28-17-7-12(6-16(22)20(17)27)5-13-10(2)14(8-23)19-18(13)11(3)15(9-24)21(25)26-19/h5-7,27H,4H2,1-3H3,(H2,25,26)/b13-5-. The number of ether oxygens (including phenoxy) is 1. The van der Waals surface area contributed by atoms with Crippen LogP contribution < -0.4 is 10.5 Å². The topological polar surface area (TPSA) is 116 Å². The fourth-order valence-corrected chi connectivity index (χ4v) is 3.93. The van der Waals surface area contributed by atoms with E-state index in [-0.39, 0.29) is 11.6 Å². The zero-order valence-corrected chi connectivity index (χ0v) is 17.7. The van der Waals surface area contributed by atoms with Crippen molar-refractivity contribution in [1.29, 1.82) is 10.5 Å². The summed E-state index contributed by atoms with van der Waals surface area (Å²) < 4.78 is 6.17. The Morgan fingerprint density at radius 1 is 1.29 bits per heavy atom. The zero-order chi connectivity index (χ0) is 20.6. The molecule has 140 valence electrons. The molecule has 0 aliphatic heterocycles. The van der Waals surface area contributed by atoms with Crippen molar-refractivity contribution in [3.05, 3.63) is 49.2 Å². The number of phenols is 1. The summed E-state index contributed by atoms with van der Waals surface area (Å²) in [4.78, 5) is 4.33. The Morgan fingerprint density at radius 3 is 2.61 bits per heavy atom. The number of aromatic nitrogens is 1. The van der Waals surface area contributed by atoms with Gasteiger partial charge in [-0.1, -0.05) is 0 Å². The number of nitrogens with two attached hydrogens (primary N) is 1. The molecule has 2 aromatic rings. The van der Waals surface area contributed by atoms with Crippen LogP contribution in [0.15, 0.2) is 17.7 Å². The number of hydrogen-bond donors (Lipinski definition) is 2. The summed E-state index contributed by atoms with van der Waals surface area (Å²) in [5, 5.41) is 29.3. The van der Waals surface area contributed by atoms with Gasteiger partial charge in [0, 0.05) is 5.56 Å². The highest BCUT2D eigenvalue weighted by Gasteiger charge is 2.29. The molecule has 1 heterocycles. The van der Waals surface area contributed by atoms with Crippen LogP contribution in [0.25, 0.3) is 17.2 Å². The van der Waals surface area contributed by atoms with Crippen molar-refractivity contribution in [1.82, 2.24) is 4.98 Å². The Balaban J connectivity index is 2.29. The average molecular weight is 484 g/mol. The molecule has 0 saturated heterocycles. The van der Waals surface area contributed by atoms with Gasteiger partial charge in [-0.2, -0.15) is 10.5 Å². The number of nitrogens with zero attached hydrogens (tertiary/aromatic N) is 3. The first-order valence-electron chi connectivity index (χ1n) is 8.53. The van der Waals surface area contributed by atoms with Crippen LogP contribution in [-0.4, -0.2) is 16.7 Å². The van der Waals surface area contributed by atoms with Gasteiger partial charge in [-0.3, -0.25) is 0 Å². The third-order valence-corrected chi connectivity index (χ3v) is 5.47. The van der Waals surface area contributed by atoms with Crippen LogP contribution in [0.4, 0.5) is 5.82 Å². The van der Waals surface area contributed by atoms with Gasteiger partial charge in [0.1, 0.15) is 18.0 Å². The largest absolute Gasteiger partial charge is 0.504 e. The van der Waals surface area contributed by atoms with Crippen LogP contribution in [-0.2, 0) is 0 Å². The summed E-state index contributed by atoms with van der Waals surface area (Å²) in [6, 6.07) is 7.87. The molecular formula is C21H17IN4O2. The van der Waals surface area contributed by atoms with Crippen molar-refractivity contribution in [2.75, 3.05) is 12.3 Å². The Hall–Kier alpha value is -3.04. The SMILES string of the molecule is CCOc1cc(/C=C2/C(C)=C(C#N)c3nc(N)c(C#N)c(C)c32)cc(I)c1O. The third kappa shape index (κ3) is 3.08. The molecule has 3 rings (SSSR count). The quantitative estimate of drug-likeness (QED) is 0.624. The maximum Gasteiger partial charge on any atom is 0.171 e. The second-order valence-electron chi connectivity index (χ2n) is 6.28. The number of pyridine rings is 1. The number of fused-ring (bicyclic) bond motifs is 1. The first kappa shape index (κ1) is 19.7. The van der Waals surface area contributed by atoms with E-state index in [1.54, 1.807) is 6.07 Å². The van der Waals surface area contributed by atoms with E-state index in [1.807, 2.05) is 55.5 Å². The highest BCUT2D eigenvalue weighted by atomic mass is 127. The van der Waals surface area contributed by atoms with Gasteiger partial charge in [-0.15, -0.1) is 0 Å². The molecule has 0 amide bonds. The van der Waals surface area contributed by atoms with Gasteiger partial charge in [0.25, 0.3) is 0 Å².